The van der Waals surface area contributed by atoms with E-state index in [-0.39, 0.29) is 22.9 Å². The second-order valence-electron chi connectivity index (χ2n) is 6.61. The van der Waals surface area contributed by atoms with Crippen molar-refractivity contribution in [3.05, 3.63) is 32.4 Å². The van der Waals surface area contributed by atoms with Crippen LogP contribution in [0.3, 0.4) is 0 Å². The molecule has 2 heterocycles. The van der Waals surface area contributed by atoms with E-state index in [2.05, 4.69) is 15.3 Å². The summed E-state index contributed by atoms with van der Waals surface area (Å²) in [6.07, 6.45) is 3.51. The van der Waals surface area contributed by atoms with E-state index in [0.29, 0.717) is 10.6 Å². The van der Waals surface area contributed by atoms with E-state index in [1.165, 1.54) is 11.3 Å². The standard InChI is InChI=1S/C18H21N3O5S2/c1-9(2)26-17(25)15-10-5-3-4-6-11(10)28-16(15)19-14(24)8-27-18-20-12(22)7-13(23)21-18/h7,9H,3-6,8H2,1-2H3,(H,19,24)(H2,20,21,22,23). The number of hydrogen-bond acceptors (Lipinski definition) is 8. The van der Waals surface area contributed by atoms with Crippen molar-refractivity contribution in [2.45, 2.75) is 50.8 Å². The van der Waals surface area contributed by atoms with E-state index in [9.17, 15) is 19.5 Å². The molecule has 0 spiro atoms. The molecular weight excluding hydrogens is 402 g/mol. The maximum Gasteiger partial charge on any atom is 0.341 e. The Hall–Kier alpha value is -2.33. The lowest BCUT2D eigenvalue weighted by molar-refractivity contribution is -0.113. The molecule has 1 amide bonds. The minimum absolute atomic E-state index is 0.0341. The van der Waals surface area contributed by atoms with Crippen LogP contribution in [-0.2, 0) is 22.4 Å². The first-order valence-corrected chi connectivity index (χ1v) is 10.7. The zero-order valence-electron chi connectivity index (χ0n) is 15.5. The average Bonchev–Trinajstić information content (AvgIpc) is 2.96. The van der Waals surface area contributed by atoms with Gasteiger partial charge in [-0.3, -0.25) is 9.59 Å². The van der Waals surface area contributed by atoms with Crippen LogP contribution in [-0.4, -0.2) is 38.8 Å². The van der Waals surface area contributed by atoms with Gasteiger partial charge in [-0.2, -0.15) is 4.98 Å². The number of aryl methyl sites for hydroxylation is 1. The lowest BCUT2D eigenvalue weighted by Crippen LogP contribution is -2.19. The van der Waals surface area contributed by atoms with E-state index >= 15 is 0 Å². The van der Waals surface area contributed by atoms with Crippen LogP contribution in [0.2, 0.25) is 0 Å². The molecule has 0 fully saturated rings. The van der Waals surface area contributed by atoms with Gasteiger partial charge in [-0.25, -0.2) is 4.79 Å². The molecule has 0 bridgehead atoms. The van der Waals surface area contributed by atoms with Crippen LogP contribution < -0.4 is 10.9 Å². The molecule has 0 atom stereocenters. The third-order valence-electron chi connectivity index (χ3n) is 4.02. The van der Waals surface area contributed by atoms with Crippen LogP contribution >= 0.6 is 23.1 Å². The monoisotopic (exact) mass is 423 g/mol. The molecule has 0 aromatic carbocycles. The molecule has 0 aliphatic heterocycles. The molecule has 0 saturated carbocycles. The summed E-state index contributed by atoms with van der Waals surface area (Å²) in [5.41, 5.74) is 0.930. The van der Waals surface area contributed by atoms with E-state index in [4.69, 9.17) is 4.74 Å². The first-order chi connectivity index (χ1) is 13.3. The van der Waals surface area contributed by atoms with Crippen molar-refractivity contribution in [2.24, 2.45) is 0 Å². The van der Waals surface area contributed by atoms with Crippen molar-refractivity contribution in [1.82, 2.24) is 9.97 Å². The van der Waals surface area contributed by atoms with Gasteiger partial charge in [-0.15, -0.1) is 11.3 Å². The number of thiophene rings is 1. The van der Waals surface area contributed by atoms with Crippen molar-refractivity contribution >= 4 is 40.0 Å². The molecule has 3 rings (SSSR count). The summed E-state index contributed by atoms with van der Waals surface area (Å²) in [5, 5.41) is 12.8. The Morgan fingerprint density at radius 1 is 1.39 bits per heavy atom. The summed E-state index contributed by atoms with van der Waals surface area (Å²) in [5.74, 6) is -1.20. The second kappa shape index (κ2) is 8.78. The quantitative estimate of drug-likeness (QED) is 0.371. The highest BCUT2D eigenvalue weighted by molar-refractivity contribution is 7.99. The molecule has 2 aromatic rings. The number of aromatic nitrogens is 2. The van der Waals surface area contributed by atoms with Crippen LogP contribution in [0.5, 0.6) is 5.88 Å². The number of nitrogens with zero attached hydrogens (tertiary/aromatic N) is 1. The summed E-state index contributed by atoms with van der Waals surface area (Å²) in [4.78, 5) is 43.7. The van der Waals surface area contributed by atoms with Crippen molar-refractivity contribution in [1.29, 1.82) is 0 Å². The number of carbonyl (C=O) groups is 2. The van der Waals surface area contributed by atoms with Gasteiger partial charge in [-0.05, 0) is 45.1 Å². The molecule has 10 heteroatoms. The smallest absolute Gasteiger partial charge is 0.341 e. The lowest BCUT2D eigenvalue weighted by Gasteiger charge is -2.14. The Kier molecular flexibility index (Phi) is 6.40. The number of nitrogens with one attached hydrogen (secondary N) is 2. The average molecular weight is 424 g/mol. The fraction of sp³-hybridized carbons (Fsp3) is 0.444. The Morgan fingerprint density at radius 3 is 2.86 bits per heavy atom. The number of thioether (sulfide) groups is 1. The van der Waals surface area contributed by atoms with Crippen LogP contribution in [0.1, 0.15) is 47.5 Å². The molecule has 0 unspecified atom stereocenters. The van der Waals surface area contributed by atoms with E-state index < -0.39 is 17.4 Å². The van der Waals surface area contributed by atoms with Gasteiger partial charge in [0.15, 0.2) is 5.16 Å². The summed E-state index contributed by atoms with van der Waals surface area (Å²) in [7, 11) is 0. The third-order valence-corrected chi connectivity index (χ3v) is 6.10. The zero-order valence-corrected chi connectivity index (χ0v) is 17.2. The van der Waals surface area contributed by atoms with Gasteiger partial charge in [0.1, 0.15) is 5.00 Å². The number of ether oxygens (including phenoxy) is 1. The molecule has 28 heavy (non-hydrogen) atoms. The fourth-order valence-corrected chi connectivity index (χ4v) is 4.90. The van der Waals surface area contributed by atoms with Crippen LogP contribution in [0, 0.1) is 0 Å². The molecule has 8 nitrogen and oxygen atoms in total. The molecule has 0 saturated heterocycles. The number of fused-ring (bicyclic) bond motifs is 1. The van der Waals surface area contributed by atoms with Crippen molar-refractivity contribution in [3.8, 4) is 5.88 Å². The number of anilines is 1. The van der Waals surface area contributed by atoms with Gasteiger partial charge >= 0.3 is 5.97 Å². The number of amides is 1. The van der Waals surface area contributed by atoms with Gasteiger partial charge in [0.25, 0.3) is 5.56 Å². The van der Waals surface area contributed by atoms with Gasteiger partial charge in [0.2, 0.25) is 11.8 Å². The minimum Gasteiger partial charge on any atom is -0.493 e. The Labute approximate surface area is 169 Å². The first-order valence-electron chi connectivity index (χ1n) is 8.92. The topological polar surface area (TPSA) is 121 Å². The van der Waals surface area contributed by atoms with Gasteiger partial charge in [-0.1, -0.05) is 11.8 Å². The summed E-state index contributed by atoms with van der Waals surface area (Å²) < 4.78 is 5.37. The SMILES string of the molecule is CC(C)OC(=O)c1c(NC(=O)CSc2nc(O)cc(=O)[nH]2)sc2c1CCCC2. The van der Waals surface area contributed by atoms with E-state index in [0.717, 1.165) is 54.0 Å². The number of aromatic amines is 1. The molecule has 1 aliphatic carbocycles. The Morgan fingerprint density at radius 2 is 2.14 bits per heavy atom. The third kappa shape index (κ3) is 4.93. The number of hydrogen-bond donors (Lipinski definition) is 3. The molecule has 2 aromatic heterocycles. The maximum atomic E-state index is 12.6. The minimum atomic E-state index is -0.500. The number of carbonyl (C=O) groups excluding carboxylic acids is 2. The molecular formula is C18H21N3O5S2. The molecule has 0 radical (unpaired) electrons. The Bertz CT molecular complexity index is 951. The summed E-state index contributed by atoms with van der Waals surface area (Å²) in [6, 6.07) is 0.951. The lowest BCUT2D eigenvalue weighted by atomic mass is 9.95. The zero-order chi connectivity index (χ0) is 20.3. The summed E-state index contributed by atoms with van der Waals surface area (Å²) >= 11 is 2.40. The van der Waals surface area contributed by atoms with Crippen molar-refractivity contribution < 1.29 is 19.4 Å². The molecule has 3 N–H and O–H groups in total. The highest BCUT2D eigenvalue weighted by Gasteiger charge is 2.27. The van der Waals surface area contributed by atoms with E-state index in [1.54, 1.807) is 13.8 Å². The number of rotatable bonds is 6. The van der Waals surface area contributed by atoms with Crippen LogP contribution in [0.15, 0.2) is 16.0 Å². The van der Waals surface area contributed by atoms with Crippen LogP contribution in [0.25, 0.3) is 0 Å². The molecule has 1 aliphatic rings. The van der Waals surface area contributed by atoms with Crippen molar-refractivity contribution in [3.63, 3.8) is 0 Å². The number of aromatic hydroxyl groups is 1. The predicted molar refractivity (Wildman–Crippen MR) is 107 cm³/mol. The summed E-state index contributed by atoms with van der Waals surface area (Å²) in [6.45, 7) is 3.57. The van der Waals surface area contributed by atoms with Gasteiger partial charge in [0, 0.05) is 4.88 Å². The second-order valence-corrected chi connectivity index (χ2v) is 8.68. The maximum absolute atomic E-state index is 12.6. The van der Waals surface area contributed by atoms with Crippen molar-refractivity contribution in [2.75, 3.05) is 11.1 Å². The van der Waals surface area contributed by atoms with E-state index in [1.807, 2.05) is 0 Å². The predicted octanol–water partition coefficient (Wildman–Crippen LogP) is 2.71. The number of H-pyrrole nitrogens is 1. The normalized spacial score (nSPS) is 13.2. The highest BCUT2D eigenvalue weighted by atomic mass is 32.2. The van der Waals surface area contributed by atoms with Gasteiger partial charge < -0.3 is 20.1 Å². The highest BCUT2D eigenvalue weighted by Crippen LogP contribution is 2.38. The largest absolute Gasteiger partial charge is 0.493 e. The Balaban J connectivity index is 1.75. The fourth-order valence-electron chi connectivity index (χ4n) is 2.93. The van der Waals surface area contributed by atoms with Crippen LogP contribution in [0.4, 0.5) is 5.00 Å². The number of esters is 1. The molecule has 150 valence electrons. The van der Waals surface area contributed by atoms with Gasteiger partial charge in [0.05, 0.1) is 23.5 Å². The first kappa shape index (κ1) is 20.4.